The fourth-order valence-electron chi connectivity index (χ4n) is 2.95. The van der Waals surface area contributed by atoms with Crippen molar-refractivity contribution in [2.24, 2.45) is 5.41 Å². The molecule has 1 aromatic carbocycles. The third-order valence-electron chi connectivity index (χ3n) is 4.91. The highest BCUT2D eigenvalue weighted by Gasteiger charge is 2.42. The maximum absolute atomic E-state index is 9.45. The Morgan fingerprint density at radius 1 is 1.30 bits per heavy atom. The zero-order valence-corrected chi connectivity index (χ0v) is 12.5. The Hall–Kier alpha value is -1.06. The summed E-state index contributed by atoms with van der Waals surface area (Å²) in [6, 6.07) is 4.80. The van der Waals surface area contributed by atoms with E-state index in [-0.39, 0.29) is 5.41 Å². The highest BCUT2D eigenvalue weighted by atomic mass is 16.5. The molecule has 1 saturated carbocycles. The van der Waals surface area contributed by atoms with Crippen LogP contribution in [-0.4, -0.2) is 24.9 Å². The Bertz CT molecular complexity index is 494. The van der Waals surface area contributed by atoms with Crippen LogP contribution in [0, 0.1) is 19.3 Å². The van der Waals surface area contributed by atoms with Crippen molar-refractivity contribution in [1.82, 2.24) is 5.32 Å². The van der Waals surface area contributed by atoms with Crippen LogP contribution in [0.1, 0.15) is 48.4 Å². The molecule has 0 amide bonds. The van der Waals surface area contributed by atoms with E-state index in [1.54, 1.807) is 0 Å². The Kier molecular flexibility index (Phi) is 3.74. The van der Waals surface area contributed by atoms with E-state index in [9.17, 15) is 5.11 Å². The highest BCUT2D eigenvalue weighted by Crippen LogP contribution is 2.45. The molecule has 0 bridgehead atoms. The smallest absolute Gasteiger partial charge is 0.124 e. The van der Waals surface area contributed by atoms with Gasteiger partial charge in [-0.3, -0.25) is 0 Å². The van der Waals surface area contributed by atoms with Crippen molar-refractivity contribution in [3.63, 3.8) is 0 Å². The van der Waals surface area contributed by atoms with E-state index in [2.05, 4.69) is 31.3 Å². The predicted molar refractivity (Wildman–Crippen MR) is 80.1 cm³/mol. The molecule has 20 heavy (non-hydrogen) atoms. The minimum Gasteiger partial charge on any atom is -0.493 e. The van der Waals surface area contributed by atoms with Crippen molar-refractivity contribution in [2.75, 3.05) is 19.8 Å². The number of aliphatic hydroxyl groups is 1. The lowest BCUT2D eigenvalue weighted by Crippen LogP contribution is -2.30. The molecular formula is C17H25NO2. The van der Waals surface area contributed by atoms with Gasteiger partial charge in [0.15, 0.2) is 0 Å². The summed E-state index contributed by atoms with van der Waals surface area (Å²) < 4.78 is 5.90. The monoisotopic (exact) mass is 275 g/mol. The molecule has 1 atom stereocenters. The first kappa shape index (κ1) is 13.9. The lowest BCUT2D eigenvalue weighted by atomic mass is 9.96. The molecule has 2 N–H and O–H groups in total. The van der Waals surface area contributed by atoms with Gasteiger partial charge in [0.1, 0.15) is 5.75 Å². The molecule has 2 aliphatic rings. The Morgan fingerprint density at radius 2 is 2.05 bits per heavy atom. The number of aliphatic hydroxyl groups excluding tert-OH is 1. The predicted octanol–water partition coefficient (Wildman–Crippen LogP) is 2.88. The fraction of sp³-hybridized carbons (Fsp3) is 0.647. The zero-order chi connectivity index (χ0) is 14.2. The minimum absolute atomic E-state index is 0.160. The van der Waals surface area contributed by atoms with Gasteiger partial charge in [-0.25, -0.2) is 0 Å². The first-order chi connectivity index (χ1) is 9.63. The van der Waals surface area contributed by atoms with Gasteiger partial charge in [0.05, 0.1) is 6.61 Å². The molecular weight excluding hydrogens is 250 g/mol. The largest absolute Gasteiger partial charge is 0.493 e. The van der Waals surface area contributed by atoms with E-state index in [0.717, 1.165) is 44.6 Å². The van der Waals surface area contributed by atoms with Gasteiger partial charge in [-0.1, -0.05) is 6.07 Å². The number of nitrogens with one attached hydrogen (secondary N) is 1. The molecule has 3 heteroatoms. The average Bonchev–Trinajstić information content (AvgIpc) is 3.23. The van der Waals surface area contributed by atoms with Crippen LogP contribution in [0.15, 0.2) is 12.1 Å². The maximum atomic E-state index is 9.45. The van der Waals surface area contributed by atoms with E-state index in [0.29, 0.717) is 12.6 Å². The standard InChI is InChI=1S/C17H25NO2/c1-12-8-14-15(18-10-17(11-19)5-6-17)4-3-7-20-16(14)9-13(12)2/h8-9,15,18-19H,3-7,10-11H2,1-2H3. The Labute approximate surface area is 121 Å². The first-order valence-corrected chi connectivity index (χ1v) is 7.72. The van der Waals surface area contributed by atoms with Gasteiger partial charge in [-0.15, -0.1) is 0 Å². The van der Waals surface area contributed by atoms with Crippen LogP contribution < -0.4 is 10.1 Å². The average molecular weight is 275 g/mol. The minimum atomic E-state index is 0.160. The lowest BCUT2D eigenvalue weighted by Gasteiger charge is -2.22. The molecule has 3 nitrogen and oxygen atoms in total. The summed E-state index contributed by atoms with van der Waals surface area (Å²) in [4.78, 5) is 0. The zero-order valence-electron chi connectivity index (χ0n) is 12.5. The molecule has 1 unspecified atom stereocenters. The second kappa shape index (κ2) is 5.38. The number of fused-ring (bicyclic) bond motifs is 1. The number of ether oxygens (including phenoxy) is 1. The van der Waals surface area contributed by atoms with Crippen molar-refractivity contribution in [3.05, 3.63) is 28.8 Å². The normalized spacial score (nSPS) is 23.6. The van der Waals surface area contributed by atoms with Crippen molar-refractivity contribution in [2.45, 2.75) is 45.6 Å². The van der Waals surface area contributed by atoms with E-state index in [1.165, 1.54) is 16.7 Å². The van der Waals surface area contributed by atoms with E-state index < -0.39 is 0 Å². The fourth-order valence-corrected chi connectivity index (χ4v) is 2.95. The van der Waals surface area contributed by atoms with E-state index in [1.807, 2.05) is 0 Å². The SMILES string of the molecule is Cc1cc2c(cc1C)C(NCC1(CO)CC1)CCCO2. The molecule has 1 heterocycles. The second-order valence-electron chi connectivity index (χ2n) is 6.56. The number of aryl methyl sites for hydroxylation is 2. The molecule has 1 fully saturated rings. The number of rotatable bonds is 4. The van der Waals surface area contributed by atoms with E-state index in [4.69, 9.17) is 4.74 Å². The third-order valence-corrected chi connectivity index (χ3v) is 4.91. The van der Waals surface area contributed by atoms with Gasteiger partial charge in [0.25, 0.3) is 0 Å². The molecule has 0 spiro atoms. The lowest BCUT2D eigenvalue weighted by molar-refractivity contribution is 0.203. The number of benzene rings is 1. The maximum Gasteiger partial charge on any atom is 0.124 e. The molecule has 0 saturated heterocycles. The van der Waals surface area contributed by atoms with Crippen molar-refractivity contribution in [3.8, 4) is 5.75 Å². The molecule has 3 rings (SSSR count). The Balaban J connectivity index is 1.79. The van der Waals surface area contributed by atoms with Crippen LogP contribution in [0.3, 0.4) is 0 Å². The van der Waals surface area contributed by atoms with Crippen LogP contribution in [0.2, 0.25) is 0 Å². The van der Waals surface area contributed by atoms with Gasteiger partial charge in [-0.05, 0) is 56.7 Å². The number of hydrogen-bond acceptors (Lipinski definition) is 3. The molecule has 0 radical (unpaired) electrons. The summed E-state index contributed by atoms with van der Waals surface area (Å²) in [5.74, 6) is 1.04. The van der Waals surface area contributed by atoms with Gasteiger partial charge in [0.2, 0.25) is 0 Å². The van der Waals surface area contributed by atoms with Crippen LogP contribution in [0.5, 0.6) is 5.75 Å². The molecule has 110 valence electrons. The van der Waals surface area contributed by atoms with Crippen LogP contribution in [-0.2, 0) is 0 Å². The van der Waals surface area contributed by atoms with Crippen molar-refractivity contribution < 1.29 is 9.84 Å². The van der Waals surface area contributed by atoms with Crippen LogP contribution >= 0.6 is 0 Å². The Morgan fingerprint density at radius 3 is 2.75 bits per heavy atom. The summed E-state index contributed by atoms with van der Waals surface area (Å²) in [6.07, 6.45) is 4.49. The summed E-state index contributed by atoms with van der Waals surface area (Å²) in [6.45, 7) is 6.33. The molecule has 1 aliphatic carbocycles. The summed E-state index contributed by atoms with van der Waals surface area (Å²) in [7, 11) is 0. The van der Waals surface area contributed by atoms with Gasteiger partial charge in [-0.2, -0.15) is 0 Å². The quantitative estimate of drug-likeness (QED) is 0.888. The highest BCUT2D eigenvalue weighted by molar-refractivity contribution is 5.44. The van der Waals surface area contributed by atoms with Crippen molar-refractivity contribution in [1.29, 1.82) is 0 Å². The van der Waals surface area contributed by atoms with Crippen molar-refractivity contribution >= 4 is 0 Å². The summed E-state index contributed by atoms with van der Waals surface area (Å²) >= 11 is 0. The summed E-state index contributed by atoms with van der Waals surface area (Å²) in [5, 5.41) is 13.1. The van der Waals surface area contributed by atoms with Gasteiger partial charge in [0, 0.05) is 30.2 Å². The molecule has 1 aromatic rings. The van der Waals surface area contributed by atoms with Gasteiger partial charge >= 0.3 is 0 Å². The van der Waals surface area contributed by atoms with E-state index >= 15 is 0 Å². The first-order valence-electron chi connectivity index (χ1n) is 7.72. The van der Waals surface area contributed by atoms with Crippen LogP contribution in [0.25, 0.3) is 0 Å². The third kappa shape index (κ3) is 2.70. The van der Waals surface area contributed by atoms with Gasteiger partial charge < -0.3 is 15.2 Å². The summed E-state index contributed by atoms with van der Waals surface area (Å²) in [5.41, 5.74) is 4.06. The molecule has 1 aliphatic heterocycles. The molecule has 0 aromatic heterocycles. The topological polar surface area (TPSA) is 41.5 Å². The number of hydrogen-bond donors (Lipinski definition) is 2. The second-order valence-corrected chi connectivity index (χ2v) is 6.56. The van der Waals surface area contributed by atoms with Crippen LogP contribution in [0.4, 0.5) is 0 Å².